The zero-order valence-corrected chi connectivity index (χ0v) is 84.6. The quantitative estimate of drug-likeness (QED) is 0.0310. The number of sulfone groups is 4. The van der Waals surface area contributed by atoms with E-state index < -0.39 is 190 Å². The zero-order valence-electron chi connectivity index (χ0n) is 81.3. The lowest BCUT2D eigenvalue weighted by molar-refractivity contribution is 0.0802. The molecular weight excluding hydrogens is 2000 g/mol. The third-order valence-electron chi connectivity index (χ3n) is 25.3. The first-order chi connectivity index (χ1) is 67.0. The molecule has 0 radical (unpaired) electrons. The normalized spacial score (nSPS) is 17.2. The van der Waals surface area contributed by atoms with Crippen LogP contribution in [0.15, 0.2) is 117 Å². The number of Topliss-reactive ketones (excluding diaryl/α,β-unsaturated/α-hetero) is 4. The highest BCUT2D eigenvalue weighted by Gasteiger charge is 2.48. The molecule has 12 heterocycles. The van der Waals surface area contributed by atoms with E-state index >= 15 is 17.6 Å². The Kier molecular flexibility index (Phi) is 32.3. The maximum atomic E-state index is 15.4. The van der Waals surface area contributed by atoms with Gasteiger partial charge in [-0.05, 0) is 130 Å². The van der Waals surface area contributed by atoms with Crippen molar-refractivity contribution in [2.24, 2.45) is 21.7 Å². The Morgan fingerprint density at radius 1 is 0.331 bits per heavy atom. The van der Waals surface area contributed by atoms with E-state index in [0.717, 1.165) is 99.4 Å². The number of hydrogen-bond donors (Lipinski definition) is 0. The summed E-state index contributed by atoms with van der Waals surface area (Å²) in [5, 5.41) is 0. The Morgan fingerprint density at radius 3 is 0.779 bits per heavy atom. The van der Waals surface area contributed by atoms with Gasteiger partial charge in [-0.25, -0.2) is 121 Å². The molecule has 4 aromatic carbocycles. The summed E-state index contributed by atoms with van der Waals surface area (Å²) in [4.78, 5) is 121. The highest BCUT2D eigenvalue weighted by atomic mass is 32.2. The van der Waals surface area contributed by atoms with Crippen molar-refractivity contribution in [3.05, 3.63) is 208 Å². The van der Waals surface area contributed by atoms with Crippen molar-refractivity contribution in [3.63, 3.8) is 0 Å². The Morgan fingerprint density at radius 2 is 0.559 bits per heavy atom. The second-order valence-electron chi connectivity index (χ2n) is 39.4. The molecule has 145 heavy (non-hydrogen) atoms. The third kappa shape index (κ3) is 23.9. The van der Waals surface area contributed by atoms with E-state index in [1.165, 1.54) is 55.5 Å². The monoisotopic (exact) mass is 2110 g/mol. The van der Waals surface area contributed by atoms with E-state index in [2.05, 4.69) is 19.9 Å². The number of imidazole rings is 4. The number of aromatic nitrogens is 12. The van der Waals surface area contributed by atoms with Gasteiger partial charge >= 0.3 is 22.8 Å². The van der Waals surface area contributed by atoms with Crippen molar-refractivity contribution >= 4 is 107 Å². The molecule has 32 nitrogen and oxygen atoms in total. The van der Waals surface area contributed by atoms with Gasteiger partial charge in [0.05, 0.1) is 167 Å². The number of ether oxygens (including phenoxy) is 4. The molecule has 0 N–H and O–H groups in total. The molecule has 784 valence electrons. The first kappa shape index (κ1) is 111. The lowest BCUT2D eigenvalue weighted by atomic mass is 9.78. The molecule has 3 atom stereocenters. The minimum Gasteiger partial charge on any atom is -0.478 e. The molecule has 4 saturated heterocycles. The number of carbonyl (C=O) groups excluding carboxylic acids is 4. The average molecular weight is 2110 g/mol. The predicted octanol–water partition coefficient (Wildman–Crippen LogP) is 16.9. The van der Waals surface area contributed by atoms with Crippen LogP contribution in [0.5, 0.6) is 23.5 Å². The Labute approximate surface area is 826 Å². The van der Waals surface area contributed by atoms with Gasteiger partial charge in [0.1, 0.15) is 55.7 Å². The molecule has 0 saturated carbocycles. The SMILES string of the molecule is C.CC(F)COc1cc(-n2c(=O)n(C(C)C)c3cc(C(=O)CC4(C)CCS(=O)(=O)CC4)c(F)cc32)c(F)cn1.CC(F)Oc1cc(-n2c(=O)n(C(C)C)c3cc(C(=O)CC4(C)CCS(=O)(=O)CC4)c(F)cc32)c(F)cn1.CC(F)Oc1cc(-n2c(=O)n(C(C)C)c3cc(C(=O)CC4(C)CS(=O)(=O)C4)c(F)cc32)c(F)cn1.CCOc1cc(-n2c(=O)n(C(C)C)c3cc(C(=O)CC4(C)CS(=O)(=O)C4)c(F)cc32)c(F)cn1. The second kappa shape index (κ2) is 42.1. The third-order valence-corrected chi connectivity index (χ3v) is 33.2. The van der Waals surface area contributed by atoms with Crippen molar-refractivity contribution in [1.29, 1.82) is 0 Å². The molecule has 8 aromatic heterocycles. The smallest absolute Gasteiger partial charge is 0.334 e. The lowest BCUT2D eigenvalue weighted by Crippen LogP contribution is -2.47. The van der Waals surface area contributed by atoms with Gasteiger partial charge in [-0.2, -0.15) is 0 Å². The number of halogens is 11. The van der Waals surface area contributed by atoms with Crippen molar-refractivity contribution in [2.45, 2.75) is 213 Å². The average Bonchev–Trinajstić information content (AvgIpc) is 1.60. The summed E-state index contributed by atoms with van der Waals surface area (Å²) in [5.41, 5.74) is -6.49. The van der Waals surface area contributed by atoms with Crippen LogP contribution in [0.4, 0.5) is 48.3 Å². The molecule has 0 bridgehead atoms. The minimum atomic E-state index is -3.20. The standard InChI is InChI=1S/C26H30F3N3O5S.C25H28F3N3O5S.C23H24F3N3O5S.C23H25F2N3O5S.CH4/c1-15(2)31-21-9-17(23(33)12-26(4)5-7-38(35,36)8-6-26)18(28)10-22(21)32(25(31)34)20-11-24(30-13-19(20)29)37-14-16(3)27;1-14(2)30-20-9-16(22(32)12-25(4)5-7-37(34,35)8-6-25)17(27)10-21(20)31(24(30)33)19-11-23(36-15(3)26)29-13-18(19)28;1-12(2)28-18-5-14(20(30)8-23(4)10-35(32,33)11-23)15(25)6-19(18)29(22(28)31)17-7-21(34-13(3)24)27-9-16(17)26;1-5-33-21-8-17(16(25)10-26-21)28-19-7-15(24)14(6-18(19)27(13(2)3)22(28)30)20(29)9-23(4)11-34(31,32)12-23;/h9-11,13,15-16H,5-8,12,14H2,1-4H3;9-11,13-15H,5-8,12H2,1-4H3;5-7,9,12-13H,8,10-11H2,1-4H3;6-8,10,13H,5,9,11-12H2,1-4H3;1H4. The summed E-state index contributed by atoms with van der Waals surface area (Å²) < 4.78 is 283. The number of benzene rings is 4. The summed E-state index contributed by atoms with van der Waals surface area (Å²) >= 11 is 0. The van der Waals surface area contributed by atoms with Crippen molar-refractivity contribution in [1.82, 2.24) is 56.5 Å². The fourth-order valence-electron chi connectivity index (χ4n) is 18.6. The Bertz CT molecular complexity index is 7870. The van der Waals surface area contributed by atoms with E-state index in [4.69, 9.17) is 18.9 Å². The maximum absolute atomic E-state index is 15.4. The first-order valence-corrected chi connectivity index (χ1v) is 53.2. The fraction of sp³-hybridized carbons (Fsp3) is 0.469. The van der Waals surface area contributed by atoms with Crippen LogP contribution in [0.25, 0.3) is 66.9 Å². The molecule has 4 fully saturated rings. The van der Waals surface area contributed by atoms with Crippen LogP contribution in [0.3, 0.4) is 0 Å². The molecule has 47 heteroatoms. The van der Waals surface area contributed by atoms with Crippen LogP contribution in [0.2, 0.25) is 0 Å². The summed E-state index contributed by atoms with van der Waals surface area (Å²) in [6, 6.07) is 11.9. The molecule has 4 aliphatic heterocycles. The number of hydrogen-bond acceptors (Lipinski definition) is 24. The van der Waals surface area contributed by atoms with Gasteiger partial charge in [0.2, 0.25) is 36.2 Å². The van der Waals surface area contributed by atoms with Gasteiger partial charge in [-0.15, -0.1) is 0 Å². The largest absolute Gasteiger partial charge is 0.478 e. The van der Waals surface area contributed by atoms with Gasteiger partial charge in [0, 0.05) is 123 Å². The Balaban J connectivity index is 0.000000172. The fourth-order valence-corrected chi connectivity index (χ4v) is 26.7. The zero-order chi connectivity index (χ0) is 106. The van der Waals surface area contributed by atoms with E-state index in [-0.39, 0.29) is 211 Å². The molecule has 0 aliphatic carbocycles. The first-order valence-electron chi connectivity index (χ1n) is 45.9. The number of rotatable bonds is 29. The van der Waals surface area contributed by atoms with Gasteiger partial charge < -0.3 is 18.9 Å². The van der Waals surface area contributed by atoms with Crippen molar-refractivity contribution in [2.75, 3.05) is 59.2 Å². The van der Waals surface area contributed by atoms with E-state index in [9.17, 15) is 103 Å². The number of nitrogens with zero attached hydrogens (tertiary/aromatic N) is 12. The summed E-state index contributed by atoms with van der Waals surface area (Å²) in [5.74, 6) is -10.5. The van der Waals surface area contributed by atoms with Gasteiger partial charge in [-0.1, -0.05) is 35.1 Å². The van der Waals surface area contributed by atoms with Gasteiger partial charge in [0.25, 0.3) is 0 Å². The van der Waals surface area contributed by atoms with Gasteiger partial charge in [-0.3, -0.25) is 55.7 Å². The predicted molar refractivity (Wildman–Crippen MR) is 520 cm³/mol. The molecule has 16 rings (SSSR count). The van der Waals surface area contributed by atoms with Crippen LogP contribution >= 0.6 is 0 Å². The van der Waals surface area contributed by atoms with Crippen molar-refractivity contribution in [3.8, 4) is 46.3 Å². The summed E-state index contributed by atoms with van der Waals surface area (Å²) in [6.45, 7) is 25.8. The van der Waals surface area contributed by atoms with Gasteiger partial charge in [0.15, 0.2) is 66.1 Å². The summed E-state index contributed by atoms with van der Waals surface area (Å²) in [6.07, 6.45) is -0.741. The number of alkyl halides is 3. The maximum Gasteiger partial charge on any atom is 0.334 e. The second-order valence-corrected chi connectivity index (χ2v) is 48.1. The van der Waals surface area contributed by atoms with Crippen LogP contribution < -0.4 is 41.7 Å². The molecule has 0 spiro atoms. The van der Waals surface area contributed by atoms with Crippen LogP contribution in [-0.2, 0) is 39.3 Å². The van der Waals surface area contributed by atoms with Crippen LogP contribution in [0.1, 0.15) is 235 Å². The molecule has 4 aliphatic rings. The van der Waals surface area contributed by atoms with Crippen LogP contribution in [0, 0.1) is 68.2 Å². The van der Waals surface area contributed by atoms with Crippen molar-refractivity contribution < 1.29 is 120 Å². The van der Waals surface area contributed by atoms with E-state index in [1.54, 1.807) is 83.1 Å². The highest BCUT2D eigenvalue weighted by Crippen LogP contribution is 2.44. The molecular formula is C98H111F11N12O20S4. The van der Waals surface area contributed by atoms with E-state index in [0.29, 0.717) is 25.7 Å². The Hall–Kier alpha value is -12.5. The number of carbonyl (C=O) groups is 4. The molecule has 12 aromatic rings. The highest BCUT2D eigenvalue weighted by molar-refractivity contribution is 7.93. The topological polar surface area (TPSA) is 401 Å². The number of pyridine rings is 4. The molecule has 0 amide bonds. The lowest BCUT2D eigenvalue weighted by Gasteiger charge is -2.37. The molecule has 3 unspecified atom stereocenters. The number of ketones is 4. The minimum absolute atomic E-state index is 0. The van der Waals surface area contributed by atoms with Crippen LogP contribution in [-0.4, -0.2) is 191 Å². The van der Waals surface area contributed by atoms with E-state index in [1.807, 2.05) is 6.92 Å². The summed E-state index contributed by atoms with van der Waals surface area (Å²) in [7, 11) is -12.6. The number of fused-ring (bicyclic) bond motifs is 4.